The average Bonchev–Trinajstić information content (AvgIpc) is 3.13. The molecular formula is C24H27F3N4O2. The summed E-state index contributed by atoms with van der Waals surface area (Å²) in [5, 5.41) is 6.17. The SMILES string of the molecule is CCN1CC(C(=O)NCc2ccc(Nc3ccc(N4CC(C(F)(F)F)C4)cc3)cc2)CC1=O. The van der Waals surface area contributed by atoms with Gasteiger partial charge in [0.05, 0.1) is 11.8 Å². The van der Waals surface area contributed by atoms with Crippen LogP contribution in [0.1, 0.15) is 18.9 Å². The molecule has 2 heterocycles. The molecule has 6 nitrogen and oxygen atoms in total. The van der Waals surface area contributed by atoms with Crippen LogP contribution in [-0.2, 0) is 16.1 Å². The fourth-order valence-electron chi connectivity index (χ4n) is 4.11. The van der Waals surface area contributed by atoms with Crippen molar-refractivity contribution >= 4 is 28.9 Å². The summed E-state index contributed by atoms with van der Waals surface area (Å²) in [6.07, 6.45) is -3.86. The Balaban J connectivity index is 1.24. The zero-order valence-corrected chi connectivity index (χ0v) is 18.4. The van der Waals surface area contributed by atoms with Crippen LogP contribution in [-0.4, -0.2) is 49.1 Å². The molecule has 2 aliphatic rings. The van der Waals surface area contributed by atoms with Crippen LogP contribution in [0.15, 0.2) is 48.5 Å². The first-order valence-electron chi connectivity index (χ1n) is 11.1. The van der Waals surface area contributed by atoms with E-state index in [1.807, 2.05) is 55.5 Å². The molecule has 2 aliphatic heterocycles. The minimum absolute atomic E-state index is 0.00217. The summed E-state index contributed by atoms with van der Waals surface area (Å²) in [5.41, 5.74) is 3.41. The van der Waals surface area contributed by atoms with Gasteiger partial charge in [0.2, 0.25) is 11.8 Å². The van der Waals surface area contributed by atoms with Gasteiger partial charge in [-0.15, -0.1) is 0 Å². The van der Waals surface area contributed by atoms with Crippen molar-refractivity contribution in [1.29, 1.82) is 0 Å². The normalized spacial score (nSPS) is 18.9. The Bertz CT molecular complexity index is 986. The summed E-state index contributed by atoms with van der Waals surface area (Å²) in [6.45, 7) is 3.39. The molecule has 0 bridgehead atoms. The molecule has 2 aromatic carbocycles. The highest BCUT2D eigenvalue weighted by Crippen LogP contribution is 2.36. The number of rotatable bonds is 7. The Labute approximate surface area is 190 Å². The van der Waals surface area contributed by atoms with Gasteiger partial charge in [0.1, 0.15) is 0 Å². The molecule has 2 aromatic rings. The quantitative estimate of drug-likeness (QED) is 0.658. The van der Waals surface area contributed by atoms with Crippen LogP contribution in [0.3, 0.4) is 0 Å². The summed E-state index contributed by atoms with van der Waals surface area (Å²) < 4.78 is 38.0. The van der Waals surface area contributed by atoms with Gasteiger partial charge in [0, 0.05) is 56.2 Å². The van der Waals surface area contributed by atoms with E-state index in [0.717, 1.165) is 22.6 Å². The van der Waals surface area contributed by atoms with Crippen molar-refractivity contribution in [2.75, 3.05) is 36.4 Å². The third kappa shape index (κ3) is 5.40. The molecule has 0 radical (unpaired) electrons. The van der Waals surface area contributed by atoms with E-state index in [1.165, 1.54) is 0 Å². The third-order valence-corrected chi connectivity index (χ3v) is 6.25. The molecule has 2 N–H and O–H groups in total. The van der Waals surface area contributed by atoms with Crippen molar-refractivity contribution in [3.8, 4) is 0 Å². The van der Waals surface area contributed by atoms with E-state index < -0.39 is 12.1 Å². The largest absolute Gasteiger partial charge is 0.395 e. The third-order valence-electron chi connectivity index (χ3n) is 6.25. The fraction of sp³-hybridized carbons (Fsp3) is 0.417. The van der Waals surface area contributed by atoms with Gasteiger partial charge in [0.25, 0.3) is 0 Å². The minimum Gasteiger partial charge on any atom is -0.370 e. The number of hydrogen-bond donors (Lipinski definition) is 2. The number of nitrogens with one attached hydrogen (secondary N) is 2. The van der Waals surface area contributed by atoms with Gasteiger partial charge < -0.3 is 20.4 Å². The van der Waals surface area contributed by atoms with Crippen LogP contribution in [0, 0.1) is 11.8 Å². The number of nitrogens with zero attached hydrogens (tertiary/aromatic N) is 2. The standard InChI is InChI=1S/C24H27F3N4O2/c1-2-30-13-17(11-22(30)32)23(33)28-12-16-3-5-19(6-4-16)29-20-7-9-21(10-8-20)31-14-18(15-31)24(25,26)27/h3-10,17-18,29H,2,11-15H2,1H3,(H,28,33). The van der Waals surface area contributed by atoms with E-state index in [4.69, 9.17) is 0 Å². The van der Waals surface area contributed by atoms with Gasteiger partial charge in [-0.1, -0.05) is 12.1 Å². The second-order valence-electron chi connectivity index (χ2n) is 8.56. The van der Waals surface area contributed by atoms with Gasteiger partial charge in [0.15, 0.2) is 0 Å². The number of benzene rings is 2. The number of alkyl halides is 3. The van der Waals surface area contributed by atoms with Crippen molar-refractivity contribution < 1.29 is 22.8 Å². The first-order chi connectivity index (χ1) is 15.7. The lowest BCUT2D eigenvalue weighted by Gasteiger charge is -2.41. The molecule has 176 valence electrons. The highest BCUT2D eigenvalue weighted by Gasteiger charge is 2.47. The summed E-state index contributed by atoms with van der Waals surface area (Å²) in [4.78, 5) is 27.5. The molecule has 2 fully saturated rings. The zero-order chi connectivity index (χ0) is 23.6. The second kappa shape index (κ2) is 9.33. The van der Waals surface area contributed by atoms with Gasteiger partial charge >= 0.3 is 6.18 Å². The predicted molar refractivity (Wildman–Crippen MR) is 120 cm³/mol. The average molecular weight is 461 g/mol. The van der Waals surface area contributed by atoms with E-state index in [9.17, 15) is 22.8 Å². The van der Waals surface area contributed by atoms with Gasteiger partial charge in [-0.05, 0) is 48.9 Å². The van der Waals surface area contributed by atoms with Gasteiger partial charge in [-0.2, -0.15) is 13.2 Å². The predicted octanol–water partition coefficient (Wildman–Crippen LogP) is 3.91. The summed E-state index contributed by atoms with van der Waals surface area (Å²) in [5.74, 6) is -1.62. The minimum atomic E-state index is -4.13. The molecule has 0 aliphatic carbocycles. The lowest BCUT2D eigenvalue weighted by atomic mass is 9.98. The Kier molecular flexibility index (Phi) is 6.49. The molecule has 1 atom stereocenters. The Morgan fingerprint density at radius 1 is 1.00 bits per heavy atom. The summed E-state index contributed by atoms with van der Waals surface area (Å²) in [6, 6.07) is 14.9. The van der Waals surface area contributed by atoms with Crippen molar-refractivity contribution in [1.82, 2.24) is 10.2 Å². The number of amides is 2. The van der Waals surface area contributed by atoms with Crippen LogP contribution in [0.2, 0.25) is 0 Å². The van der Waals surface area contributed by atoms with Crippen LogP contribution >= 0.6 is 0 Å². The molecule has 0 spiro atoms. The van der Waals surface area contributed by atoms with E-state index >= 15 is 0 Å². The highest BCUT2D eigenvalue weighted by molar-refractivity contribution is 5.89. The van der Waals surface area contributed by atoms with Gasteiger partial charge in [-0.25, -0.2) is 0 Å². The van der Waals surface area contributed by atoms with E-state index in [-0.39, 0.29) is 37.2 Å². The Morgan fingerprint density at radius 2 is 1.61 bits per heavy atom. The van der Waals surface area contributed by atoms with Gasteiger partial charge in [-0.3, -0.25) is 9.59 Å². The lowest BCUT2D eigenvalue weighted by Crippen LogP contribution is -2.53. The second-order valence-corrected chi connectivity index (χ2v) is 8.56. The maximum atomic E-state index is 12.7. The van der Waals surface area contributed by atoms with Crippen molar-refractivity contribution in [3.05, 3.63) is 54.1 Å². The molecule has 0 aromatic heterocycles. The molecule has 2 saturated heterocycles. The van der Waals surface area contributed by atoms with Crippen molar-refractivity contribution in [2.45, 2.75) is 26.1 Å². The zero-order valence-electron chi connectivity index (χ0n) is 18.4. The maximum Gasteiger partial charge on any atom is 0.395 e. The van der Waals surface area contributed by atoms with Crippen molar-refractivity contribution in [2.24, 2.45) is 11.8 Å². The molecule has 1 unspecified atom stereocenters. The number of halogens is 3. The molecule has 9 heteroatoms. The topological polar surface area (TPSA) is 64.7 Å². The number of hydrogen-bond acceptors (Lipinski definition) is 4. The van der Waals surface area contributed by atoms with Crippen molar-refractivity contribution in [3.63, 3.8) is 0 Å². The Morgan fingerprint density at radius 3 is 2.15 bits per heavy atom. The molecule has 2 amide bonds. The van der Waals surface area contributed by atoms with E-state index in [1.54, 1.807) is 9.80 Å². The summed E-state index contributed by atoms with van der Waals surface area (Å²) in [7, 11) is 0. The molecule has 4 rings (SSSR count). The first-order valence-corrected chi connectivity index (χ1v) is 11.1. The summed E-state index contributed by atoms with van der Waals surface area (Å²) >= 11 is 0. The van der Waals surface area contributed by atoms with E-state index in [2.05, 4.69) is 10.6 Å². The molecule has 33 heavy (non-hydrogen) atoms. The fourth-order valence-corrected chi connectivity index (χ4v) is 4.11. The van der Waals surface area contributed by atoms with Crippen LogP contribution in [0.5, 0.6) is 0 Å². The smallest absolute Gasteiger partial charge is 0.370 e. The van der Waals surface area contributed by atoms with E-state index in [0.29, 0.717) is 19.6 Å². The van der Waals surface area contributed by atoms with Crippen LogP contribution in [0.4, 0.5) is 30.2 Å². The number of carbonyl (C=O) groups excluding carboxylic acids is 2. The number of carbonyl (C=O) groups is 2. The van der Waals surface area contributed by atoms with Crippen LogP contribution in [0.25, 0.3) is 0 Å². The first kappa shape index (κ1) is 22.9. The number of anilines is 3. The highest BCUT2D eigenvalue weighted by atomic mass is 19.4. The maximum absolute atomic E-state index is 12.7. The lowest BCUT2D eigenvalue weighted by molar-refractivity contribution is -0.180. The Hall–Kier alpha value is -3.23. The molecule has 0 saturated carbocycles. The molecular weight excluding hydrogens is 433 g/mol. The monoisotopic (exact) mass is 460 g/mol. The number of likely N-dealkylation sites (tertiary alicyclic amines) is 1. The van der Waals surface area contributed by atoms with Crippen LogP contribution < -0.4 is 15.5 Å².